The second-order valence-corrected chi connectivity index (χ2v) is 4.11. The molecule has 0 saturated carbocycles. The van der Waals surface area contributed by atoms with Crippen LogP contribution in [0.15, 0.2) is 12.3 Å². The van der Waals surface area contributed by atoms with E-state index in [0.717, 1.165) is 18.7 Å². The summed E-state index contributed by atoms with van der Waals surface area (Å²) in [4.78, 5) is 17.3. The van der Waals surface area contributed by atoms with E-state index in [2.05, 4.69) is 4.98 Å². The predicted molar refractivity (Wildman–Crippen MR) is 60.5 cm³/mol. The van der Waals surface area contributed by atoms with Gasteiger partial charge in [0.1, 0.15) is 11.0 Å². The molecule has 1 aliphatic heterocycles. The summed E-state index contributed by atoms with van der Waals surface area (Å²) in [5, 5.41) is 0.0292. The molecule has 4 nitrogen and oxygen atoms in total. The maximum atomic E-state index is 13.0. The summed E-state index contributed by atoms with van der Waals surface area (Å²) in [6, 6.07) is 1.11. The van der Waals surface area contributed by atoms with Crippen LogP contribution in [0.3, 0.4) is 0 Å². The number of pyridine rings is 1. The predicted octanol–water partition coefficient (Wildman–Crippen LogP) is 1.74. The number of nitrogens with zero attached hydrogens (tertiary/aromatic N) is 2. The third-order valence-electron chi connectivity index (χ3n) is 2.55. The van der Waals surface area contributed by atoms with Gasteiger partial charge in [0.25, 0.3) is 5.91 Å². The average Bonchev–Trinajstić information content (AvgIpc) is 2.60. The number of rotatable bonds is 1. The standard InChI is InChI=1S/C11H12ClFN2O2/c12-10-9(6-8(13)7-14-10)11(16)15-2-1-4-17-5-3-15/h6-7H,1-5H2. The summed E-state index contributed by atoms with van der Waals surface area (Å²) in [7, 11) is 0. The highest BCUT2D eigenvalue weighted by Crippen LogP contribution is 2.16. The largest absolute Gasteiger partial charge is 0.380 e. The van der Waals surface area contributed by atoms with Crippen LogP contribution in [0.1, 0.15) is 16.8 Å². The van der Waals surface area contributed by atoms with E-state index in [1.807, 2.05) is 0 Å². The molecule has 0 radical (unpaired) electrons. The molecule has 0 aliphatic carbocycles. The van der Waals surface area contributed by atoms with E-state index in [4.69, 9.17) is 16.3 Å². The highest BCUT2D eigenvalue weighted by atomic mass is 35.5. The van der Waals surface area contributed by atoms with E-state index in [0.29, 0.717) is 26.3 Å². The van der Waals surface area contributed by atoms with Gasteiger partial charge in [-0.1, -0.05) is 11.6 Å². The molecule has 6 heteroatoms. The third kappa shape index (κ3) is 2.92. The van der Waals surface area contributed by atoms with Crippen LogP contribution in [-0.2, 0) is 4.74 Å². The molecule has 0 spiro atoms. The van der Waals surface area contributed by atoms with E-state index in [1.165, 1.54) is 0 Å². The monoisotopic (exact) mass is 258 g/mol. The lowest BCUT2D eigenvalue weighted by Crippen LogP contribution is -2.33. The molecule has 17 heavy (non-hydrogen) atoms. The first-order valence-corrected chi connectivity index (χ1v) is 5.74. The van der Waals surface area contributed by atoms with Gasteiger partial charge in [-0.2, -0.15) is 0 Å². The molecule has 1 aliphatic rings. The molecule has 0 N–H and O–H groups in total. The topological polar surface area (TPSA) is 42.4 Å². The second kappa shape index (κ2) is 5.42. The maximum absolute atomic E-state index is 13.0. The highest BCUT2D eigenvalue weighted by Gasteiger charge is 2.20. The minimum absolute atomic E-state index is 0.0292. The summed E-state index contributed by atoms with van der Waals surface area (Å²) < 4.78 is 18.3. The molecule has 1 fully saturated rings. The molecule has 1 aromatic rings. The van der Waals surface area contributed by atoms with Crippen molar-refractivity contribution in [1.29, 1.82) is 0 Å². The summed E-state index contributed by atoms with van der Waals surface area (Å²) in [6.45, 7) is 2.21. The fourth-order valence-corrected chi connectivity index (χ4v) is 1.88. The Kier molecular flexibility index (Phi) is 3.91. The molecule has 92 valence electrons. The first kappa shape index (κ1) is 12.3. The zero-order chi connectivity index (χ0) is 12.3. The molecule has 1 saturated heterocycles. The Balaban J connectivity index is 2.20. The Morgan fingerprint density at radius 1 is 1.47 bits per heavy atom. The first-order chi connectivity index (χ1) is 8.18. The number of carbonyl (C=O) groups is 1. The Morgan fingerprint density at radius 2 is 2.29 bits per heavy atom. The van der Waals surface area contributed by atoms with E-state index >= 15 is 0 Å². The molecule has 0 atom stereocenters. The zero-order valence-electron chi connectivity index (χ0n) is 9.16. The van der Waals surface area contributed by atoms with Crippen molar-refractivity contribution in [2.24, 2.45) is 0 Å². The normalized spacial score (nSPS) is 16.7. The SMILES string of the molecule is O=C(c1cc(F)cnc1Cl)N1CCCOCC1. The van der Waals surface area contributed by atoms with Crippen LogP contribution < -0.4 is 0 Å². The summed E-state index contributed by atoms with van der Waals surface area (Å²) in [6.07, 6.45) is 1.76. The van der Waals surface area contributed by atoms with Crippen molar-refractivity contribution in [3.05, 3.63) is 28.8 Å². The number of amides is 1. The Hall–Kier alpha value is -1.20. The molecule has 1 aromatic heterocycles. The van der Waals surface area contributed by atoms with Crippen LogP contribution in [0.25, 0.3) is 0 Å². The highest BCUT2D eigenvalue weighted by molar-refractivity contribution is 6.32. The van der Waals surface area contributed by atoms with Crippen LogP contribution in [0, 0.1) is 5.82 Å². The number of hydrogen-bond donors (Lipinski definition) is 0. The zero-order valence-corrected chi connectivity index (χ0v) is 9.91. The van der Waals surface area contributed by atoms with Gasteiger partial charge < -0.3 is 9.64 Å². The van der Waals surface area contributed by atoms with Gasteiger partial charge in [-0.15, -0.1) is 0 Å². The van der Waals surface area contributed by atoms with Crippen LogP contribution in [-0.4, -0.2) is 42.1 Å². The van der Waals surface area contributed by atoms with Gasteiger partial charge in [-0.3, -0.25) is 4.79 Å². The molecule has 1 amide bonds. The van der Waals surface area contributed by atoms with Gasteiger partial charge in [0, 0.05) is 19.7 Å². The fourth-order valence-electron chi connectivity index (χ4n) is 1.69. The Bertz CT molecular complexity index is 420. The van der Waals surface area contributed by atoms with Gasteiger partial charge in [0.05, 0.1) is 18.4 Å². The molecular formula is C11H12ClFN2O2. The van der Waals surface area contributed by atoms with Crippen molar-refractivity contribution in [3.63, 3.8) is 0 Å². The van der Waals surface area contributed by atoms with Gasteiger partial charge in [0.15, 0.2) is 0 Å². The van der Waals surface area contributed by atoms with Crippen molar-refractivity contribution in [1.82, 2.24) is 9.88 Å². The molecule has 0 aromatic carbocycles. The van der Waals surface area contributed by atoms with E-state index < -0.39 is 5.82 Å². The Labute approximate surface area is 103 Å². The number of carbonyl (C=O) groups excluding carboxylic acids is 1. The van der Waals surface area contributed by atoms with Gasteiger partial charge in [-0.25, -0.2) is 9.37 Å². The van der Waals surface area contributed by atoms with Gasteiger partial charge >= 0.3 is 0 Å². The van der Waals surface area contributed by atoms with Crippen LogP contribution in [0.2, 0.25) is 5.15 Å². The first-order valence-electron chi connectivity index (χ1n) is 5.36. The minimum atomic E-state index is -0.566. The van der Waals surface area contributed by atoms with Crippen molar-refractivity contribution >= 4 is 17.5 Å². The van der Waals surface area contributed by atoms with Crippen LogP contribution in [0.4, 0.5) is 4.39 Å². The number of ether oxygens (including phenoxy) is 1. The second-order valence-electron chi connectivity index (χ2n) is 3.75. The lowest BCUT2D eigenvalue weighted by Gasteiger charge is -2.19. The quantitative estimate of drug-likeness (QED) is 0.721. The van der Waals surface area contributed by atoms with E-state index in [1.54, 1.807) is 4.90 Å². The van der Waals surface area contributed by atoms with Crippen LogP contribution in [0.5, 0.6) is 0 Å². The minimum Gasteiger partial charge on any atom is -0.380 e. The average molecular weight is 259 g/mol. The summed E-state index contributed by atoms with van der Waals surface area (Å²) in [5.74, 6) is -0.865. The van der Waals surface area contributed by atoms with Crippen LogP contribution >= 0.6 is 11.6 Å². The molecule has 2 heterocycles. The van der Waals surface area contributed by atoms with Crippen molar-refractivity contribution in [3.8, 4) is 0 Å². The summed E-state index contributed by atoms with van der Waals surface area (Å²) >= 11 is 5.79. The molecule has 0 unspecified atom stereocenters. The molecule has 0 bridgehead atoms. The Morgan fingerprint density at radius 3 is 3.12 bits per heavy atom. The number of hydrogen-bond acceptors (Lipinski definition) is 3. The van der Waals surface area contributed by atoms with Gasteiger partial charge in [0.2, 0.25) is 0 Å². The smallest absolute Gasteiger partial charge is 0.257 e. The van der Waals surface area contributed by atoms with E-state index in [-0.39, 0.29) is 16.6 Å². The number of aromatic nitrogens is 1. The fraction of sp³-hybridized carbons (Fsp3) is 0.455. The molecular weight excluding hydrogens is 247 g/mol. The van der Waals surface area contributed by atoms with Gasteiger partial charge in [-0.05, 0) is 12.5 Å². The lowest BCUT2D eigenvalue weighted by molar-refractivity contribution is 0.0740. The molecule has 2 rings (SSSR count). The van der Waals surface area contributed by atoms with E-state index in [9.17, 15) is 9.18 Å². The number of halogens is 2. The van der Waals surface area contributed by atoms with Crippen molar-refractivity contribution in [2.45, 2.75) is 6.42 Å². The lowest BCUT2D eigenvalue weighted by atomic mass is 10.2. The third-order valence-corrected chi connectivity index (χ3v) is 2.85. The van der Waals surface area contributed by atoms with Crippen molar-refractivity contribution in [2.75, 3.05) is 26.3 Å². The summed E-state index contributed by atoms with van der Waals surface area (Å²) in [5.41, 5.74) is 0.105. The maximum Gasteiger partial charge on any atom is 0.257 e. The van der Waals surface area contributed by atoms with Crippen molar-refractivity contribution < 1.29 is 13.9 Å².